The van der Waals surface area contributed by atoms with E-state index in [1.807, 2.05) is 18.2 Å². The van der Waals surface area contributed by atoms with E-state index in [9.17, 15) is 4.79 Å². The Morgan fingerprint density at radius 1 is 1.29 bits per heavy atom. The summed E-state index contributed by atoms with van der Waals surface area (Å²) in [4.78, 5) is 13.1. The zero-order valence-corrected chi connectivity index (χ0v) is 9.93. The molecule has 0 unspecified atom stereocenters. The van der Waals surface area contributed by atoms with Gasteiger partial charge in [-0.3, -0.25) is 4.79 Å². The third kappa shape index (κ3) is 2.06. The van der Waals surface area contributed by atoms with Crippen molar-refractivity contribution in [3.63, 3.8) is 0 Å². The van der Waals surface area contributed by atoms with E-state index >= 15 is 0 Å². The molecule has 0 saturated heterocycles. The molecule has 2 rings (SSSR count). The van der Waals surface area contributed by atoms with Crippen LogP contribution in [0.4, 0.5) is 0 Å². The van der Waals surface area contributed by atoms with E-state index in [2.05, 4.69) is 18.1 Å². The van der Waals surface area contributed by atoms with Gasteiger partial charge in [0.2, 0.25) is 6.41 Å². The molecule has 1 fully saturated rings. The van der Waals surface area contributed by atoms with Crippen molar-refractivity contribution in [1.82, 2.24) is 4.90 Å². The van der Waals surface area contributed by atoms with E-state index in [4.69, 9.17) is 6.42 Å². The molecule has 1 aliphatic rings. The van der Waals surface area contributed by atoms with Crippen LogP contribution >= 0.6 is 0 Å². The van der Waals surface area contributed by atoms with Gasteiger partial charge in [-0.2, -0.15) is 0 Å². The average molecular weight is 227 g/mol. The SMILES string of the molecule is C#CCN(C=O)C1(c2ccccc2)CCCC1. The van der Waals surface area contributed by atoms with Gasteiger partial charge in [0, 0.05) is 0 Å². The number of hydrogen-bond acceptors (Lipinski definition) is 1. The molecule has 1 aromatic rings. The molecule has 0 N–H and O–H groups in total. The van der Waals surface area contributed by atoms with Crippen molar-refractivity contribution in [3.8, 4) is 12.3 Å². The number of rotatable bonds is 4. The molecule has 1 aromatic carbocycles. The summed E-state index contributed by atoms with van der Waals surface area (Å²) in [5.74, 6) is 2.58. The first kappa shape index (κ1) is 11.7. The Hall–Kier alpha value is -1.75. The lowest BCUT2D eigenvalue weighted by atomic mass is 9.86. The van der Waals surface area contributed by atoms with E-state index in [0.717, 1.165) is 32.1 Å². The smallest absolute Gasteiger partial charge is 0.211 e. The monoisotopic (exact) mass is 227 g/mol. The normalized spacial score (nSPS) is 17.4. The summed E-state index contributed by atoms with van der Waals surface area (Å²) in [5.41, 5.74) is 1.04. The first-order valence-electron chi connectivity index (χ1n) is 6.04. The van der Waals surface area contributed by atoms with E-state index in [1.54, 1.807) is 4.90 Å². The quantitative estimate of drug-likeness (QED) is 0.572. The molecular weight excluding hydrogens is 210 g/mol. The lowest BCUT2D eigenvalue weighted by molar-refractivity contribution is -0.123. The fourth-order valence-electron chi connectivity index (χ4n) is 2.84. The second-order valence-electron chi connectivity index (χ2n) is 4.54. The highest BCUT2D eigenvalue weighted by molar-refractivity contribution is 5.51. The van der Waals surface area contributed by atoms with Crippen LogP contribution in [0.15, 0.2) is 30.3 Å². The highest BCUT2D eigenvalue weighted by Gasteiger charge is 2.40. The second kappa shape index (κ2) is 5.05. The van der Waals surface area contributed by atoms with Gasteiger partial charge in [0.25, 0.3) is 0 Å². The minimum atomic E-state index is -0.171. The lowest BCUT2D eigenvalue weighted by Gasteiger charge is -2.38. The number of amides is 1. The average Bonchev–Trinajstić information content (AvgIpc) is 2.87. The first-order chi connectivity index (χ1) is 8.33. The van der Waals surface area contributed by atoms with Crippen LogP contribution in [0.3, 0.4) is 0 Å². The maximum absolute atomic E-state index is 11.3. The van der Waals surface area contributed by atoms with E-state index in [-0.39, 0.29) is 5.54 Å². The van der Waals surface area contributed by atoms with Crippen LogP contribution in [0.2, 0.25) is 0 Å². The van der Waals surface area contributed by atoms with Crippen LogP contribution < -0.4 is 0 Å². The first-order valence-corrected chi connectivity index (χ1v) is 6.04. The van der Waals surface area contributed by atoms with Crippen molar-refractivity contribution in [3.05, 3.63) is 35.9 Å². The molecule has 1 saturated carbocycles. The standard InChI is InChI=1S/C15H17NO/c1-2-12-16(13-17)15(10-6-7-11-15)14-8-4-3-5-9-14/h1,3-5,8-9,13H,6-7,10-12H2. The summed E-state index contributed by atoms with van der Waals surface area (Å²) in [7, 11) is 0. The van der Waals surface area contributed by atoms with Crippen LogP contribution in [0.5, 0.6) is 0 Å². The van der Waals surface area contributed by atoms with Gasteiger partial charge in [-0.25, -0.2) is 0 Å². The fourth-order valence-corrected chi connectivity index (χ4v) is 2.84. The number of benzene rings is 1. The van der Waals surface area contributed by atoms with Gasteiger partial charge in [0.15, 0.2) is 0 Å². The van der Waals surface area contributed by atoms with Gasteiger partial charge in [-0.15, -0.1) is 6.42 Å². The Morgan fingerprint density at radius 3 is 2.47 bits per heavy atom. The molecule has 17 heavy (non-hydrogen) atoms. The van der Waals surface area contributed by atoms with Crippen LogP contribution in [0, 0.1) is 12.3 Å². The van der Waals surface area contributed by atoms with Gasteiger partial charge in [0.1, 0.15) is 0 Å². The summed E-state index contributed by atoms with van der Waals surface area (Å²) in [6, 6.07) is 10.2. The fraction of sp³-hybridized carbons (Fsp3) is 0.400. The molecule has 1 aliphatic carbocycles. The highest BCUT2D eigenvalue weighted by atomic mass is 16.1. The van der Waals surface area contributed by atoms with Crippen LogP contribution in [-0.4, -0.2) is 17.9 Å². The topological polar surface area (TPSA) is 20.3 Å². The van der Waals surface area contributed by atoms with Crippen molar-refractivity contribution in [2.75, 3.05) is 6.54 Å². The highest BCUT2D eigenvalue weighted by Crippen LogP contribution is 2.43. The number of hydrogen-bond donors (Lipinski definition) is 0. The minimum Gasteiger partial charge on any atom is -0.324 e. The van der Waals surface area contributed by atoms with Crippen molar-refractivity contribution in [1.29, 1.82) is 0 Å². The molecule has 0 heterocycles. The molecule has 2 heteroatoms. The Kier molecular flexibility index (Phi) is 3.49. The third-order valence-corrected chi connectivity index (χ3v) is 3.68. The Morgan fingerprint density at radius 2 is 1.94 bits per heavy atom. The van der Waals surface area contributed by atoms with Crippen molar-refractivity contribution >= 4 is 6.41 Å². The third-order valence-electron chi connectivity index (χ3n) is 3.68. The van der Waals surface area contributed by atoms with Gasteiger partial charge in [-0.1, -0.05) is 49.1 Å². The van der Waals surface area contributed by atoms with Crippen molar-refractivity contribution < 1.29 is 4.79 Å². The second-order valence-corrected chi connectivity index (χ2v) is 4.54. The predicted molar refractivity (Wildman–Crippen MR) is 68.2 cm³/mol. The molecular formula is C15H17NO. The van der Waals surface area contributed by atoms with Crippen molar-refractivity contribution in [2.24, 2.45) is 0 Å². The van der Waals surface area contributed by atoms with Crippen LogP contribution in [0.25, 0.3) is 0 Å². The maximum Gasteiger partial charge on any atom is 0.211 e. The zero-order valence-electron chi connectivity index (χ0n) is 9.93. The van der Waals surface area contributed by atoms with Gasteiger partial charge in [-0.05, 0) is 18.4 Å². The molecule has 2 nitrogen and oxygen atoms in total. The molecule has 0 bridgehead atoms. The molecule has 0 aromatic heterocycles. The summed E-state index contributed by atoms with van der Waals surface area (Å²) in [6.07, 6.45) is 10.6. The number of carbonyl (C=O) groups excluding carboxylic acids is 1. The number of nitrogens with zero attached hydrogens (tertiary/aromatic N) is 1. The van der Waals surface area contributed by atoms with Gasteiger partial charge >= 0.3 is 0 Å². The Balaban J connectivity index is 2.39. The van der Waals surface area contributed by atoms with Crippen LogP contribution in [0.1, 0.15) is 31.2 Å². The molecule has 0 atom stereocenters. The largest absolute Gasteiger partial charge is 0.324 e. The summed E-state index contributed by atoms with van der Waals surface area (Å²) >= 11 is 0. The summed E-state index contributed by atoms with van der Waals surface area (Å²) in [6.45, 7) is 0.387. The van der Waals surface area contributed by atoms with Crippen LogP contribution in [-0.2, 0) is 10.3 Å². The van der Waals surface area contributed by atoms with E-state index in [1.165, 1.54) is 5.56 Å². The Bertz CT molecular complexity index is 412. The summed E-state index contributed by atoms with van der Waals surface area (Å²) in [5, 5.41) is 0. The van der Waals surface area contributed by atoms with E-state index in [0.29, 0.717) is 6.54 Å². The molecule has 0 aliphatic heterocycles. The maximum atomic E-state index is 11.3. The Labute approximate surface area is 103 Å². The minimum absolute atomic E-state index is 0.171. The number of terminal acetylenes is 1. The van der Waals surface area contributed by atoms with Gasteiger partial charge < -0.3 is 4.90 Å². The van der Waals surface area contributed by atoms with E-state index < -0.39 is 0 Å². The molecule has 88 valence electrons. The molecule has 0 radical (unpaired) electrons. The van der Waals surface area contributed by atoms with Gasteiger partial charge in [0.05, 0.1) is 12.1 Å². The van der Waals surface area contributed by atoms with Crippen molar-refractivity contribution in [2.45, 2.75) is 31.2 Å². The molecule has 1 amide bonds. The lowest BCUT2D eigenvalue weighted by Crippen LogP contribution is -2.43. The predicted octanol–water partition coefficient (Wildman–Crippen LogP) is 2.55. The zero-order chi connectivity index (χ0) is 12.1. The molecule has 0 spiro atoms. The number of carbonyl (C=O) groups is 1. The summed E-state index contributed by atoms with van der Waals surface area (Å²) < 4.78 is 0.